The van der Waals surface area contributed by atoms with E-state index in [-0.39, 0.29) is 11.8 Å². The third-order valence-corrected chi connectivity index (χ3v) is 3.63. The second-order valence-electron chi connectivity index (χ2n) is 5.90. The number of ether oxygens (including phenoxy) is 1. The van der Waals surface area contributed by atoms with Gasteiger partial charge in [0.15, 0.2) is 0 Å². The summed E-state index contributed by atoms with van der Waals surface area (Å²) in [6, 6.07) is 15.7. The number of benzene rings is 2. The van der Waals surface area contributed by atoms with Crippen molar-refractivity contribution in [2.75, 3.05) is 0 Å². The van der Waals surface area contributed by atoms with Crippen molar-refractivity contribution >= 4 is 17.8 Å². The first kappa shape index (κ1) is 19.2. The lowest BCUT2D eigenvalue weighted by atomic mass is 10.0. The maximum Gasteiger partial charge on any atom is 0.308 e. The summed E-state index contributed by atoms with van der Waals surface area (Å²) in [6.45, 7) is 3.10. The molecule has 0 aliphatic heterocycles. The molecule has 0 saturated heterocycles. The molecule has 2 N–H and O–H groups in total. The minimum Gasteiger partial charge on any atom is -0.427 e. The van der Waals surface area contributed by atoms with E-state index in [1.807, 2.05) is 30.3 Å². The molecule has 2 rings (SSSR count). The van der Waals surface area contributed by atoms with Gasteiger partial charge in [-0.15, -0.1) is 0 Å². The van der Waals surface area contributed by atoms with Gasteiger partial charge in [-0.3, -0.25) is 14.4 Å². The molecule has 136 valence electrons. The van der Waals surface area contributed by atoms with Crippen molar-refractivity contribution in [3.63, 3.8) is 0 Å². The smallest absolute Gasteiger partial charge is 0.308 e. The van der Waals surface area contributed by atoms with Crippen LogP contribution in [0.3, 0.4) is 0 Å². The van der Waals surface area contributed by atoms with Gasteiger partial charge >= 0.3 is 5.97 Å². The summed E-state index contributed by atoms with van der Waals surface area (Å²) < 4.78 is 4.99. The maximum absolute atomic E-state index is 12.5. The molecule has 0 aliphatic rings. The van der Waals surface area contributed by atoms with Crippen LogP contribution in [0, 0.1) is 0 Å². The number of carbonyl (C=O) groups excluding carboxylic acids is 3. The van der Waals surface area contributed by atoms with E-state index >= 15 is 0 Å². The molecular formula is C20H22N2O4. The quantitative estimate of drug-likeness (QED) is 0.588. The fraction of sp³-hybridized carbons (Fsp3) is 0.250. The molecule has 2 aromatic rings. The highest BCUT2D eigenvalue weighted by Crippen LogP contribution is 2.14. The third-order valence-electron chi connectivity index (χ3n) is 3.63. The Labute approximate surface area is 152 Å². The van der Waals surface area contributed by atoms with E-state index < -0.39 is 12.0 Å². The Morgan fingerprint density at radius 2 is 1.58 bits per heavy atom. The van der Waals surface area contributed by atoms with Gasteiger partial charge in [-0.25, -0.2) is 0 Å². The topological polar surface area (TPSA) is 84.5 Å². The molecule has 0 spiro atoms. The molecule has 0 heterocycles. The molecule has 0 aliphatic carbocycles. The highest BCUT2D eigenvalue weighted by molar-refractivity contribution is 5.87. The van der Waals surface area contributed by atoms with Gasteiger partial charge in [0.1, 0.15) is 11.8 Å². The van der Waals surface area contributed by atoms with E-state index in [2.05, 4.69) is 10.6 Å². The van der Waals surface area contributed by atoms with E-state index in [9.17, 15) is 14.4 Å². The summed E-state index contributed by atoms with van der Waals surface area (Å²) in [7, 11) is 0. The van der Waals surface area contributed by atoms with Crippen LogP contribution in [0.4, 0.5) is 0 Å². The molecule has 2 aromatic carbocycles. The van der Waals surface area contributed by atoms with Gasteiger partial charge in [-0.1, -0.05) is 42.5 Å². The van der Waals surface area contributed by atoms with Crippen LogP contribution in [0.25, 0.3) is 0 Å². The van der Waals surface area contributed by atoms with E-state index in [1.165, 1.54) is 13.8 Å². The highest BCUT2D eigenvalue weighted by Gasteiger charge is 2.19. The van der Waals surface area contributed by atoms with Crippen LogP contribution in [0.15, 0.2) is 54.6 Å². The van der Waals surface area contributed by atoms with Crippen LogP contribution >= 0.6 is 0 Å². The number of amides is 2. The summed E-state index contributed by atoms with van der Waals surface area (Å²) >= 11 is 0. The molecular weight excluding hydrogens is 332 g/mol. The summed E-state index contributed by atoms with van der Waals surface area (Å²) in [4.78, 5) is 34.9. The minimum absolute atomic E-state index is 0.256. The predicted molar refractivity (Wildman–Crippen MR) is 97.3 cm³/mol. The SMILES string of the molecule is CC(=O)N[C@@H](Cc1ccc(OC(C)=O)cc1)C(=O)NCc1ccccc1. The maximum atomic E-state index is 12.5. The van der Waals surface area contributed by atoms with Crippen molar-refractivity contribution < 1.29 is 19.1 Å². The third kappa shape index (κ3) is 6.39. The largest absolute Gasteiger partial charge is 0.427 e. The Morgan fingerprint density at radius 1 is 0.923 bits per heavy atom. The van der Waals surface area contributed by atoms with Crippen molar-refractivity contribution in [1.29, 1.82) is 0 Å². The van der Waals surface area contributed by atoms with E-state index in [4.69, 9.17) is 4.74 Å². The number of carbonyl (C=O) groups is 3. The van der Waals surface area contributed by atoms with Gasteiger partial charge in [-0.2, -0.15) is 0 Å². The Hall–Kier alpha value is -3.15. The first-order valence-electron chi connectivity index (χ1n) is 8.30. The summed E-state index contributed by atoms with van der Waals surface area (Å²) in [5.74, 6) is -0.491. The molecule has 0 radical (unpaired) electrons. The molecule has 6 heteroatoms. The fourth-order valence-corrected chi connectivity index (χ4v) is 2.46. The van der Waals surface area contributed by atoms with Crippen molar-refractivity contribution in [2.24, 2.45) is 0 Å². The van der Waals surface area contributed by atoms with Crippen LogP contribution in [-0.4, -0.2) is 23.8 Å². The predicted octanol–water partition coefficient (Wildman–Crippen LogP) is 1.98. The Bertz CT molecular complexity index is 757. The monoisotopic (exact) mass is 354 g/mol. The number of hydrogen-bond donors (Lipinski definition) is 2. The number of esters is 1. The van der Waals surface area contributed by atoms with Gasteiger partial charge in [-0.05, 0) is 23.3 Å². The van der Waals surface area contributed by atoms with Gasteiger partial charge < -0.3 is 15.4 Å². The van der Waals surface area contributed by atoms with Crippen molar-refractivity contribution in [1.82, 2.24) is 10.6 Å². The second kappa shape index (κ2) is 9.36. The van der Waals surface area contributed by atoms with Gasteiger partial charge in [0.25, 0.3) is 0 Å². The lowest BCUT2D eigenvalue weighted by molar-refractivity contribution is -0.131. The highest BCUT2D eigenvalue weighted by atomic mass is 16.5. The lowest BCUT2D eigenvalue weighted by Gasteiger charge is -2.18. The van der Waals surface area contributed by atoms with Crippen molar-refractivity contribution in [3.8, 4) is 5.75 Å². The van der Waals surface area contributed by atoms with Gasteiger partial charge in [0.05, 0.1) is 0 Å². The molecule has 1 atom stereocenters. The molecule has 0 bridgehead atoms. The molecule has 2 amide bonds. The van der Waals surface area contributed by atoms with Gasteiger partial charge in [0.2, 0.25) is 11.8 Å². The molecule has 6 nitrogen and oxygen atoms in total. The zero-order valence-corrected chi connectivity index (χ0v) is 14.8. The van der Waals surface area contributed by atoms with E-state index in [0.29, 0.717) is 18.7 Å². The number of hydrogen-bond acceptors (Lipinski definition) is 4. The Balaban J connectivity index is 2.00. The number of rotatable bonds is 7. The summed E-state index contributed by atoms with van der Waals surface area (Å²) in [6.07, 6.45) is 0.334. The lowest BCUT2D eigenvalue weighted by Crippen LogP contribution is -2.47. The molecule has 26 heavy (non-hydrogen) atoms. The van der Waals surface area contributed by atoms with Crippen LogP contribution in [0.2, 0.25) is 0 Å². The fourth-order valence-electron chi connectivity index (χ4n) is 2.46. The number of nitrogens with one attached hydrogen (secondary N) is 2. The Morgan fingerprint density at radius 3 is 2.15 bits per heavy atom. The van der Waals surface area contributed by atoms with E-state index in [1.54, 1.807) is 24.3 Å². The van der Waals surface area contributed by atoms with Crippen molar-refractivity contribution in [2.45, 2.75) is 32.9 Å². The zero-order chi connectivity index (χ0) is 18.9. The average Bonchev–Trinajstić information content (AvgIpc) is 2.61. The van der Waals surface area contributed by atoms with Crippen molar-refractivity contribution in [3.05, 3.63) is 65.7 Å². The minimum atomic E-state index is -0.684. The standard InChI is InChI=1S/C20H22N2O4/c1-14(23)22-19(20(25)21-13-17-6-4-3-5-7-17)12-16-8-10-18(11-9-16)26-15(2)24/h3-11,19H,12-13H2,1-2H3,(H,21,25)(H,22,23)/t19-/m0/s1. The van der Waals surface area contributed by atoms with Crippen LogP contribution in [0.1, 0.15) is 25.0 Å². The first-order chi connectivity index (χ1) is 12.4. The first-order valence-corrected chi connectivity index (χ1v) is 8.30. The molecule has 0 unspecified atom stereocenters. The second-order valence-corrected chi connectivity index (χ2v) is 5.90. The summed E-state index contributed by atoms with van der Waals surface area (Å²) in [5.41, 5.74) is 1.82. The van der Waals surface area contributed by atoms with Crippen LogP contribution in [-0.2, 0) is 27.3 Å². The molecule has 0 saturated carbocycles. The molecule has 0 aromatic heterocycles. The molecule has 0 fully saturated rings. The Kier molecular flexibility index (Phi) is 6.91. The average molecular weight is 354 g/mol. The van der Waals surface area contributed by atoms with Crippen LogP contribution < -0.4 is 15.4 Å². The zero-order valence-electron chi connectivity index (χ0n) is 14.8. The van der Waals surface area contributed by atoms with Gasteiger partial charge in [0, 0.05) is 26.8 Å². The summed E-state index contributed by atoms with van der Waals surface area (Å²) in [5, 5.41) is 5.51. The van der Waals surface area contributed by atoms with Crippen LogP contribution in [0.5, 0.6) is 5.75 Å². The normalized spacial score (nSPS) is 11.3. The van der Waals surface area contributed by atoms with E-state index in [0.717, 1.165) is 11.1 Å².